The first kappa shape index (κ1) is 20.1. The number of benzene rings is 1. The lowest BCUT2D eigenvalue weighted by molar-refractivity contribution is -0.122. The molecular formula is C23H25N3O4. The first-order valence-corrected chi connectivity index (χ1v) is 10.1. The van der Waals surface area contributed by atoms with Gasteiger partial charge >= 0.3 is 0 Å². The van der Waals surface area contributed by atoms with Crippen LogP contribution >= 0.6 is 0 Å². The number of nitrogens with one attached hydrogen (secondary N) is 1. The lowest BCUT2D eigenvalue weighted by Crippen LogP contribution is -2.46. The number of hydrogen-bond donors (Lipinski definition) is 2. The van der Waals surface area contributed by atoms with Gasteiger partial charge in [-0.25, -0.2) is 0 Å². The minimum Gasteiger partial charge on any atom is -0.462 e. The molecule has 0 saturated carbocycles. The molecule has 3 heterocycles. The summed E-state index contributed by atoms with van der Waals surface area (Å²) in [5.41, 5.74) is 0.727. The van der Waals surface area contributed by atoms with Crippen molar-refractivity contribution in [1.82, 2.24) is 9.88 Å². The minimum absolute atomic E-state index is 0.0236. The third-order valence-electron chi connectivity index (χ3n) is 5.14. The van der Waals surface area contributed by atoms with Crippen molar-refractivity contribution in [1.29, 1.82) is 0 Å². The molecule has 156 valence electrons. The van der Waals surface area contributed by atoms with Crippen LogP contribution < -0.4 is 10.1 Å². The number of furan rings is 1. The molecule has 7 heteroatoms. The second-order valence-corrected chi connectivity index (χ2v) is 7.31. The molecule has 1 saturated heterocycles. The van der Waals surface area contributed by atoms with Crippen LogP contribution in [0.5, 0.6) is 11.5 Å². The van der Waals surface area contributed by atoms with Gasteiger partial charge in [-0.15, -0.1) is 0 Å². The molecule has 7 nitrogen and oxygen atoms in total. The molecule has 2 N–H and O–H groups in total. The Morgan fingerprint density at radius 3 is 2.70 bits per heavy atom. The molecule has 1 atom stereocenters. The van der Waals surface area contributed by atoms with Crippen molar-refractivity contribution >= 4 is 11.6 Å². The van der Waals surface area contributed by atoms with Gasteiger partial charge in [-0.05, 0) is 67.9 Å². The van der Waals surface area contributed by atoms with Crippen molar-refractivity contribution in [3.8, 4) is 11.5 Å². The number of hydrogen-bond acceptors (Lipinski definition) is 6. The number of likely N-dealkylation sites (tertiary alicyclic amines) is 1. The van der Waals surface area contributed by atoms with Crippen molar-refractivity contribution in [3.05, 3.63) is 72.4 Å². The molecule has 1 unspecified atom stereocenters. The van der Waals surface area contributed by atoms with Crippen molar-refractivity contribution in [3.63, 3.8) is 0 Å². The van der Waals surface area contributed by atoms with E-state index in [4.69, 9.17) is 9.15 Å². The Kier molecular flexibility index (Phi) is 6.41. The fourth-order valence-electron chi connectivity index (χ4n) is 3.65. The molecule has 0 bridgehead atoms. The normalized spacial score (nSPS) is 16.9. The highest BCUT2D eigenvalue weighted by Crippen LogP contribution is 2.24. The molecule has 1 amide bonds. The topological polar surface area (TPSA) is 87.8 Å². The van der Waals surface area contributed by atoms with Crippen LogP contribution in [0.3, 0.4) is 0 Å². The number of carbonyl (C=O) groups excluding carboxylic acids is 1. The highest BCUT2D eigenvalue weighted by molar-refractivity contribution is 5.94. The SMILES string of the molecule is O=C(Nc1ccc(Oc2cccnc2)cc1)C1CCCCN1Cc1ccc(CO)o1. The van der Waals surface area contributed by atoms with E-state index in [-0.39, 0.29) is 18.6 Å². The maximum absolute atomic E-state index is 12.9. The molecule has 0 radical (unpaired) electrons. The Labute approximate surface area is 175 Å². The van der Waals surface area contributed by atoms with E-state index < -0.39 is 0 Å². The van der Waals surface area contributed by atoms with Crippen LogP contribution in [0.1, 0.15) is 30.8 Å². The molecule has 4 rings (SSSR count). The number of rotatable bonds is 7. The number of aliphatic hydroxyl groups excluding tert-OH is 1. The lowest BCUT2D eigenvalue weighted by atomic mass is 10.0. The molecule has 1 aliphatic heterocycles. The molecular weight excluding hydrogens is 382 g/mol. The van der Waals surface area contributed by atoms with Crippen molar-refractivity contribution in [2.45, 2.75) is 38.5 Å². The summed E-state index contributed by atoms with van der Waals surface area (Å²) in [5.74, 6) is 2.61. The van der Waals surface area contributed by atoms with Crippen LogP contribution in [0.25, 0.3) is 0 Å². The number of ether oxygens (including phenoxy) is 1. The van der Waals surface area contributed by atoms with Crippen LogP contribution in [0.2, 0.25) is 0 Å². The number of aliphatic hydroxyl groups is 1. The Balaban J connectivity index is 1.37. The number of nitrogens with zero attached hydrogens (tertiary/aromatic N) is 2. The third kappa shape index (κ3) is 5.06. The number of aromatic nitrogens is 1. The monoisotopic (exact) mass is 407 g/mol. The molecule has 0 spiro atoms. The predicted octanol–water partition coefficient (Wildman–Crippen LogP) is 3.95. The van der Waals surface area contributed by atoms with Crippen LogP contribution in [-0.4, -0.2) is 33.5 Å². The summed E-state index contributed by atoms with van der Waals surface area (Å²) < 4.78 is 11.3. The van der Waals surface area contributed by atoms with Gasteiger partial charge < -0.3 is 19.6 Å². The number of carbonyl (C=O) groups is 1. The summed E-state index contributed by atoms with van der Waals surface area (Å²) in [6.45, 7) is 1.27. The zero-order chi connectivity index (χ0) is 20.8. The largest absolute Gasteiger partial charge is 0.462 e. The smallest absolute Gasteiger partial charge is 0.241 e. The van der Waals surface area contributed by atoms with Crippen LogP contribution in [0.4, 0.5) is 5.69 Å². The second-order valence-electron chi connectivity index (χ2n) is 7.31. The van der Waals surface area contributed by atoms with Crippen molar-refractivity contribution in [2.24, 2.45) is 0 Å². The summed E-state index contributed by atoms with van der Waals surface area (Å²) >= 11 is 0. The molecule has 2 aromatic heterocycles. The molecule has 1 fully saturated rings. The first-order valence-electron chi connectivity index (χ1n) is 10.1. The van der Waals surface area contributed by atoms with E-state index in [9.17, 15) is 9.90 Å². The average molecular weight is 407 g/mol. The maximum Gasteiger partial charge on any atom is 0.241 e. The van der Waals surface area contributed by atoms with Gasteiger partial charge in [0.15, 0.2) is 0 Å². The third-order valence-corrected chi connectivity index (χ3v) is 5.14. The van der Waals surface area contributed by atoms with Crippen LogP contribution in [0, 0.1) is 0 Å². The van der Waals surface area contributed by atoms with Crippen molar-refractivity contribution < 1.29 is 19.1 Å². The Hall–Kier alpha value is -3.16. The molecule has 1 aromatic carbocycles. The van der Waals surface area contributed by atoms with Gasteiger partial charge in [-0.3, -0.25) is 14.7 Å². The van der Waals surface area contributed by atoms with E-state index in [0.29, 0.717) is 23.8 Å². The van der Waals surface area contributed by atoms with E-state index in [1.54, 1.807) is 18.5 Å². The fraction of sp³-hybridized carbons (Fsp3) is 0.304. The van der Waals surface area contributed by atoms with Gasteiger partial charge in [-0.1, -0.05) is 6.42 Å². The molecule has 0 aliphatic carbocycles. The first-order chi connectivity index (χ1) is 14.7. The zero-order valence-electron chi connectivity index (χ0n) is 16.7. The predicted molar refractivity (Wildman–Crippen MR) is 112 cm³/mol. The molecule has 30 heavy (non-hydrogen) atoms. The summed E-state index contributed by atoms with van der Waals surface area (Å²) in [6.07, 6.45) is 6.22. The average Bonchev–Trinajstić information content (AvgIpc) is 3.24. The van der Waals surface area contributed by atoms with E-state index in [0.717, 1.165) is 37.3 Å². The Bertz CT molecular complexity index is 956. The zero-order valence-corrected chi connectivity index (χ0v) is 16.7. The van der Waals surface area contributed by atoms with Crippen LogP contribution in [-0.2, 0) is 17.9 Å². The van der Waals surface area contributed by atoms with Crippen molar-refractivity contribution in [2.75, 3.05) is 11.9 Å². The summed E-state index contributed by atoms with van der Waals surface area (Å²) in [4.78, 5) is 19.1. The Morgan fingerprint density at radius 2 is 1.97 bits per heavy atom. The molecule has 3 aromatic rings. The summed E-state index contributed by atoms with van der Waals surface area (Å²) in [7, 11) is 0. The summed E-state index contributed by atoms with van der Waals surface area (Å²) in [5, 5.41) is 12.2. The highest BCUT2D eigenvalue weighted by atomic mass is 16.5. The summed E-state index contributed by atoms with van der Waals surface area (Å²) in [6, 6.07) is 14.4. The minimum atomic E-state index is -0.215. The van der Waals surface area contributed by atoms with Gasteiger partial charge in [0, 0.05) is 11.9 Å². The quantitative estimate of drug-likeness (QED) is 0.617. The van der Waals surface area contributed by atoms with Gasteiger partial charge in [0.1, 0.15) is 29.6 Å². The molecule has 1 aliphatic rings. The second kappa shape index (κ2) is 9.56. The van der Waals surface area contributed by atoms with Gasteiger partial charge in [0.05, 0.1) is 18.8 Å². The van der Waals surface area contributed by atoms with E-state index >= 15 is 0 Å². The number of amides is 1. The van der Waals surface area contributed by atoms with Gasteiger partial charge in [0.25, 0.3) is 0 Å². The van der Waals surface area contributed by atoms with E-state index in [1.165, 1.54) is 0 Å². The standard InChI is InChI=1S/C23H25N3O4/c27-16-21-11-10-20(30-21)15-26-13-2-1-5-22(26)23(28)25-17-6-8-18(9-7-17)29-19-4-3-12-24-14-19/h3-4,6-12,14,22,27H,1-2,5,13,15-16H2,(H,25,28). The number of pyridine rings is 1. The maximum atomic E-state index is 12.9. The Morgan fingerprint density at radius 1 is 1.13 bits per heavy atom. The number of anilines is 1. The van der Waals surface area contributed by atoms with Crippen LogP contribution in [0.15, 0.2) is 65.3 Å². The van der Waals surface area contributed by atoms with E-state index in [2.05, 4.69) is 15.2 Å². The van der Waals surface area contributed by atoms with Gasteiger partial charge in [0.2, 0.25) is 5.91 Å². The van der Waals surface area contributed by atoms with Gasteiger partial charge in [-0.2, -0.15) is 0 Å². The lowest BCUT2D eigenvalue weighted by Gasteiger charge is -2.34. The number of piperidine rings is 1. The van der Waals surface area contributed by atoms with E-state index in [1.807, 2.05) is 42.5 Å². The fourth-order valence-corrected chi connectivity index (χ4v) is 3.65. The highest BCUT2D eigenvalue weighted by Gasteiger charge is 2.29.